The molecule has 0 bridgehead atoms. The zero-order chi connectivity index (χ0) is 21.2. The third kappa shape index (κ3) is 4.34. The van der Waals surface area contributed by atoms with Crippen molar-refractivity contribution < 1.29 is 13.2 Å². The predicted molar refractivity (Wildman–Crippen MR) is 115 cm³/mol. The van der Waals surface area contributed by atoms with Gasteiger partial charge in [0.1, 0.15) is 0 Å². The van der Waals surface area contributed by atoms with Crippen molar-refractivity contribution in [2.45, 2.75) is 49.0 Å². The van der Waals surface area contributed by atoms with Crippen LogP contribution < -0.4 is 5.32 Å². The summed E-state index contributed by atoms with van der Waals surface area (Å²) >= 11 is 6.03. The Labute approximate surface area is 178 Å². The van der Waals surface area contributed by atoms with Gasteiger partial charge in [0.15, 0.2) is 0 Å². The van der Waals surface area contributed by atoms with Gasteiger partial charge in [0.2, 0.25) is 15.9 Å². The average Bonchev–Trinajstić information content (AvgIpc) is 3.19. The van der Waals surface area contributed by atoms with Crippen LogP contribution in [0.2, 0.25) is 5.02 Å². The molecular weight excluding hydrogens is 408 g/mol. The SMILES string of the molecule is CC(NC(=O)C1(c2ccc(Cl)cc2)CCCC1)c1ccc(S(=O)(=O)N(C)C)cc1. The lowest BCUT2D eigenvalue weighted by Crippen LogP contribution is -2.43. The Morgan fingerprint density at radius 2 is 1.59 bits per heavy atom. The van der Waals surface area contributed by atoms with Crippen LogP contribution in [0.25, 0.3) is 0 Å². The molecule has 156 valence electrons. The van der Waals surface area contributed by atoms with Crippen LogP contribution in [0.5, 0.6) is 0 Å². The van der Waals surface area contributed by atoms with Crippen molar-refractivity contribution in [1.29, 1.82) is 0 Å². The van der Waals surface area contributed by atoms with E-state index < -0.39 is 15.4 Å². The first-order valence-corrected chi connectivity index (χ1v) is 11.6. The molecular formula is C22H27ClN2O3S. The second-order valence-electron chi connectivity index (χ2n) is 7.85. The van der Waals surface area contributed by atoms with E-state index in [1.807, 2.05) is 31.2 Å². The van der Waals surface area contributed by atoms with Gasteiger partial charge in [-0.3, -0.25) is 4.79 Å². The number of nitrogens with zero attached hydrogens (tertiary/aromatic N) is 1. The van der Waals surface area contributed by atoms with Gasteiger partial charge in [0.25, 0.3) is 0 Å². The fraction of sp³-hybridized carbons (Fsp3) is 0.409. The zero-order valence-electron chi connectivity index (χ0n) is 17.0. The van der Waals surface area contributed by atoms with Gasteiger partial charge in [0, 0.05) is 19.1 Å². The largest absolute Gasteiger partial charge is 0.349 e. The van der Waals surface area contributed by atoms with Crippen LogP contribution in [0, 0.1) is 0 Å². The maximum atomic E-state index is 13.3. The molecule has 0 heterocycles. The summed E-state index contributed by atoms with van der Waals surface area (Å²) in [6, 6.07) is 14.0. The lowest BCUT2D eigenvalue weighted by Gasteiger charge is -2.30. The Balaban J connectivity index is 1.79. The molecule has 1 amide bonds. The summed E-state index contributed by atoms with van der Waals surface area (Å²) in [6.45, 7) is 1.91. The second kappa shape index (κ2) is 8.46. The minimum absolute atomic E-state index is 0.00909. The van der Waals surface area contributed by atoms with E-state index in [4.69, 9.17) is 11.6 Å². The smallest absolute Gasteiger partial charge is 0.242 e. The molecule has 0 radical (unpaired) electrons. The van der Waals surface area contributed by atoms with E-state index in [2.05, 4.69) is 5.32 Å². The Bertz CT molecular complexity index is 964. The topological polar surface area (TPSA) is 66.5 Å². The minimum atomic E-state index is -3.47. The van der Waals surface area contributed by atoms with E-state index >= 15 is 0 Å². The van der Waals surface area contributed by atoms with Gasteiger partial charge in [-0.15, -0.1) is 0 Å². The van der Waals surface area contributed by atoms with Gasteiger partial charge in [-0.1, -0.05) is 48.7 Å². The van der Waals surface area contributed by atoms with Crippen LogP contribution in [-0.4, -0.2) is 32.7 Å². The van der Waals surface area contributed by atoms with Crippen LogP contribution in [0.1, 0.15) is 49.8 Å². The van der Waals surface area contributed by atoms with Crippen LogP contribution in [0.15, 0.2) is 53.4 Å². The highest BCUT2D eigenvalue weighted by atomic mass is 35.5. The molecule has 1 fully saturated rings. The number of rotatable bonds is 6. The standard InChI is InChI=1S/C22H27ClN2O3S/c1-16(17-6-12-20(13-7-17)29(27,28)25(2)3)24-21(26)22(14-4-5-15-22)18-8-10-19(23)11-9-18/h6-13,16H,4-5,14-15H2,1-3H3,(H,24,26). The lowest BCUT2D eigenvalue weighted by atomic mass is 9.77. The predicted octanol–water partition coefficient (Wildman–Crippen LogP) is 4.28. The molecule has 1 N–H and O–H groups in total. The Morgan fingerprint density at radius 1 is 1.03 bits per heavy atom. The Morgan fingerprint density at radius 3 is 2.10 bits per heavy atom. The normalized spacial score (nSPS) is 17.3. The number of nitrogens with one attached hydrogen (secondary N) is 1. The van der Waals surface area contributed by atoms with Crippen molar-refractivity contribution >= 4 is 27.5 Å². The number of benzene rings is 2. The summed E-state index contributed by atoms with van der Waals surface area (Å²) in [7, 11) is -0.462. The molecule has 1 aliphatic rings. The number of amides is 1. The zero-order valence-corrected chi connectivity index (χ0v) is 18.6. The minimum Gasteiger partial charge on any atom is -0.349 e. The summed E-state index contributed by atoms with van der Waals surface area (Å²) in [5, 5.41) is 3.80. The van der Waals surface area contributed by atoms with Crippen molar-refractivity contribution in [3.05, 3.63) is 64.7 Å². The maximum Gasteiger partial charge on any atom is 0.242 e. The first kappa shape index (κ1) is 21.8. The van der Waals surface area contributed by atoms with Crippen molar-refractivity contribution in [3.8, 4) is 0 Å². The van der Waals surface area contributed by atoms with Crippen LogP contribution in [0.4, 0.5) is 0 Å². The van der Waals surface area contributed by atoms with Crippen LogP contribution >= 0.6 is 11.6 Å². The van der Waals surface area contributed by atoms with Crippen molar-refractivity contribution in [2.24, 2.45) is 0 Å². The Hall–Kier alpha value is -1.89. The van der Waals surface area contributed by atoms with E-state index in [1.54, 1.807) is 24.3 Å². The molecule has 1 unspecified atom stereocenters. The van der Waals surface area contributed by atoms with E-state index in [1.165, 1.54) is 18.4 Å². The monoisotopic (exact) mass is 434 g/mol. The quantitative estimate of drug-likeness (QED) is 0.737. The van der Waals surface area contributed by atoms with Crippen molar-refractivity contribution in [3.63, 3.8) is 0 Å². The number of hydrogen-bond donors (Lipinski definition) is 1. The summed E-state index contributed by atoms with van der Waals surface area (Å²) in [4.78, 5) is 13.5. The lowest BCUT2D eigenvalue weighted by molar-refractivity contribution is -0.127. The summed E-state index contributed by atoms with van der Waals surface area (Å²) in [5.41, 5.74) is 1.32. The highest BCUT2D eigenvalue weighted by Gasteiger charge is 2.43. The average molecular weight is 435 g/mol. The van der Waals surface area contributed by atoms with E-state index in [0.29, 0.717) is 5.02 Å². The molecule has 0 spiro atoms. The number of hydrogen-bond acceptors (Lipinski definition) is 3. The summed E-state index contributed by atoms with van der Waals surface area (Å²) in [6.07, 6.45) is 3.66. The summed E-state index contributed by atoms with van der Waals surface area (Å²) in [5.74, 6) is 0.00909. The number of halogens is 1. The third-order valence-corrected chi connectivity index (χ3v) is 7.88. The van der Waals surface area contributed by atoms with Gasteiger partial charge < -0.3 is 5.32 Å². The molecule has 2 aromatic rings. The second-order valence-corrected chi connectivity index (χ2v) is 10.4. The third-order valence-electron chi connectivity index (χ3n) is 5.79. The maximum absolute atomic E-state index is 13.3. The van der Waals surface area contributed by atoms with Gasteiger partial charge in [-0.2, -0.15) is 0 Å². The van der Waals surface area contributed by atoms with E-state index in [9.17, 15) is 13.2 Å². The van der Waals surface area contributed by atoms with Gasteiger partial charge in [-0.25, -0.2) is 12.7 Å². The molecule has 0 aliphatic heterocycles. The summed E-state index contributed by atoms with van der Waals surface area (Å²) < 4.78 is 25.7. The van der Waals surface area contributed by atoms with E-state index in [-0.39, 0.29) is 16.8 Å². The molecule has 29 heavy (non-hydrogen) atoms. The highest BCUT2D eigenvalue weighted by Crippen LogP contribution is 2.42. The van der Waals surface area contributed by atoms with Crippen molar-refractivity contribution in [1.82, 2.24) is 9.62 Å². The highest BCUT2D eigenvalue weighted by molar-refractivity contribution is 7.89. The molecule has 1 aliphatic carbocycles. The fourth-order valence-corrected chi connectivity index (χ4v) is 4.98. The molecule has 0 saturated heterocycles. The van der Waals surface area contributed by atoms with E-state index in [0.717, 1.165) is 36.8 Å². The number of sulfonamides is 1. The first-order chi connectivity index (χ1) is 13.7. The Kier molecular flexibility index (Phi) is 6.36. The molecule has 0 aromatic heterocycles. The molecule has 1 saturated carbocycles. The van der Waals surface area contributed by atoms with Crippen LogP contribution in [0.3, 0.4) is 0 Å². The molecule has 2 aromatic carbocycles. The van der Waals surface area contributed by atoms with Crippen LogP contribution in [-0.2, 0) is 20.2 Å². The molecule has 1 atom stereocenters. The molecule has 5 nitrogen and oxygen atoms in total. The first-order valence-electron chi connectivity index (χ1n) is 9.76. The van der Waals surface area contributed by atoms with Crippen molar-refractivity contribution in [2.75, 3.05) is 14.1 Å². The number of carbonyl (C=O) groups is 1. The molecule has 3 rings (SSSR count). The molecule has 7 heteroatoms. The van der Waals surface area contributed by atoms with Gasteiger partial charge >= 0.3 is 0 Å². The number of carbonyl (C=O) groups excluding carboxylic acids is 1. The fourth-order valence-electron chi connectivity index (χ4n) is 3.95. The van der Waals surface area contributed by atoms with Gasteiger partial charge in [0.05, 0.1) is 16.4 Å². The van der Waals surface area contributed by atoms with Gasteiger partial charge in [-0.05, 0) is 55.2 Å².